The van der Waals surface area contributed by atoms with Crippen LogP contribution in [0.15, 0.2) is 85.0 Å². The summed E-state index contributed by atoms with van der Waals surface area (Å²) >= 11 is 1.30. The van der Waals surface area contributed by atoms with Crippen molar-refractivity contribution in [3.05, 3.63) is 109 Å². The number of halogens is 2. The molecule has 0 saturated heterocycles. The molecule has 0 aliphatic heterocycles. The summed E-state index contributed by atoms with van der Waals surface area (Å²) in [5, 5.41) is 17.1. The molecule has 0 spiro atoms. The van der Waals surface area contributed by atoms with Gasteiger partial charge in [-0.05, 0) is 24.3 Å². The van der Waals surface area contributed by atoms with Crippen LogP contribution in [0.4, 0.5) is 8.78 Å². The zero-order valence-corrected chi connectivity index (χ0v) is 17.8. The van der Waals surface area contributed by atoms with E-state index in [0.29, 0.717) is 0 Å². The van der Waals surface area contributed by atoms with Crippen molar-refractivity contribution in [3.8, 4) is 11.5 Å². The van der Waals surface area contributed by atoms with Crippen molar-refractivity contribution in [2.75, 3.05) is 0 Å². The zero-order chi connectivity index (χ0) is 21.0. The average Bonchev–Trinajstić information content (AvgIpc) is 3.47. The van der Waals surface area contributed by atoms with E-state index >= 15 is 0 Å². The molecule has 0 atom stereocenters. The van der Waals surface area contributed by atoms with Crippen molar-refractivity contribution >= 4 is 4.21 Å². The molecular weight excluding hydrogens is 437 g/mol. The molecule has 2 aliphatic rings. The van der Waals surface area contributed by atoms with Gasteiger partial charge in [-0.2, -0.15) is 12.2 Å². The Labute approximate surface area is 180 Å². The number of hydrogen-bond donors (Lipinski definition) is 2. The number of para-hydroxylation sites is 2. The van der Waals surface area contributed by atoms with E-state index in [1.165, 1.54) is 60.6 Å². The van der Waals surface area contributed by atoms with Gasteiger partial charge in [0.05, 0.1) is 0 Å². The second-order valence-corrected chi connectivity index (χ2v) is 4.91. The van der Waals surface area contributed by atoms with Crippen LogP contribution in [-0.2, 0) is 24.2 Å². The summed E-state index contributed by atoms with van der Waals surface area (Å²) in [7, 11) is 0. The van der Waals surface area contributed by atoms with Crippen molar-refractivity contribution in [3.63, 3.8) is 0 Å². The molecule has 2 aromatic carbocycles. The van der Waals surface area contributed by atoms with Crippen molar-refractivity contribution in [1.82, 2.24) is 0 Å². The van der Waals surface area contributed by atoms with Gasteiger partial charge in [-0.25, -0.2) is 33.1 Å². The first-order valence-electron chi connectivity index (χ1n) is 8.27. The van der Waals surface area contributed by atoms with Crippen LogP contribution in [-0.4, -0.2) is 14.4 Å². The molecule has 0 saturated carbocycles. The number of rotatable bonds is 0. The summed E-state index contributed by atoms with van der Waals surface area (Å²) in [6, 6.07) is 11.2. The molecule has 0 heterocycles. The molecule has 5 heteroatoms. The Morgan fingerprint density at radius 2 is 1.07 bits per heavy atom. The summed E-state index contributed by atoms with van der Waals surface area (Å²) in [6.07, 6.45) is 20.0. The number of phenols is 2. The molecule has 2 aliphatic carbocycles. The normalized spacial score (nSPS) is 11.7. The van der Waals surface area contributed by atoms with E-state index in [9.17, 15) is 8.78 Å². The zero-order valence-electron chi connectivity index (χ0n) is 15.4. The summed E-state index contributed by atoms with van der Waals surface area (Å²) in [5.41, 5.74) is 0. The number of allylic oxidation sites excluding steroid dienone is 8. The standard InChI is InChI=1S/2C6H5FO.2C5H5.CH2.Zr/c2*7-5-3-1-2-4-6(5)8;2*1-2-4-5-3-1;;/h2*1-4,8H;2*1-3H,4H2;1H2;/q;;2*-1;;+2. The molecule has 2 aromatic rings. The Balaban J connectivity index is 0.000000344. The van der Waals surface area contributed by atoms with Crippen LogP contribution < -0.4 is 0 Å². The third-order valence-corrected chi connectivity index (χ3v) is 2.88. The van der Waals surface area contributed by atoms with Gasteiger partial charge in [0.2, 0.25) is 0 Å². The minimum absolute atomic E-state index is 0.299. The van der Waals surface area contributed by atoms with E-state index in [0.717, 1.165) is 12.8 Å². The Morgan fingerprint density at radius 3 is 1.21 bits per heavy atom. The van der Waals surface area contributed by atoms with Crippen LogP contribution in [0.3, 0.4) is 0 Å². The molecule has 0 radical (unpaired) electrons. The molecule has 144 valence electrons. The van der Waals surface area contributed by atoms with Gasteiger partial charge < -0.3 is 10.2 Å². The molecule has 0 aromatic heterocycles. The fourth-order valence-electron chi connectivity index (χ4n) is 1.58. The third-order valence-electron chi connectivity index (χ3n) is 2.88. The van der Waals surface area contributed by atoms with Crippen LogP contribution in [0.1, 0.15) is 12.8 Å². The number of aromatic hydroxyl groups is 2. The van der Waals surface area contributed by atoms with E-state index < -0.39 is 11.6 Å². The molecular formula is C23H22F2O2Zr. The van der Waals surface area contributed by atoms with Crippen molar-refractivity contribution in [1.29, 1.82) is 0 Å². The van der Waals surface area contributed by atoms with Crippen LogP contribution in [0.5, 0.6) is 11.5 Å². The van der Waals surface area contributed by atoms with Crippen LogP contribution >= 0.6 is 0 Å². The topological polar surface area (TPSA) is 40.5 Å². The monoisotopic (exact) mass is 458 g/mol. The maximum absolute atomic E-state index is 12.1. The van der Waals surface area contributed by atoms with Crippen LogP contribution in [0.2, 0.25) is 0 Å². The summed E-state index contributed by atoms with van der Waals surface area (Å²) in [4.78, 5) is 0. The second kappa shape index (κ2) is 18.0. The minimum atomic E-state index is -0.576. The first-order chi connectivity index (χ1) is 13.6. The maximum atomic E-state index is 12.1. The van der Waals surface area contributed by atoms with Gasteiger partial charge in [0.15, 0.2) is 23.1 Å². The molecule has 4 rings (SSSR count). The van der Waals surface area contributed by atoms with E-state index in [2.05, 4.69) is 28.5 Å². The summed E-state index contributed by atoms with van der Waals surface area (Å²) < 4.78 is 27.5. The van der Waals surface area contributed by atoms with Crippen molar-refractivity contribution < 1.29 is 43.2 Å². The summed E-state index contributed by atoms with van der Waals surface area (Å²) in [5.74, 6) is -1.75. The Morgan fingerprint density at radius 1 is 0.714 bits per heavy atom. The first-order valence-corrected chi connectivity index (χ1v) is 10.0. The van der Waals surface area contributed by atoms with Gasteiger partial charge in [-0.15, -0.1) is 12.8 Å². The van der Waals surface area contributed by atoms with Crippen LogP contribution in [0, 0.1) is 23.8 Å². The second-order valence-electron chi connectivity index (χ2n) is 4.91. The fourth-order valence-corrected chi connectivity index (χ4v) is 1.58. The van der Waals surface area contributed by atoms with E-state index in [1.807, 2.05) is 24.3 Å². The Bertz CT molecular complexity index is 656. The van der Waals surface area contributed by atoms with Gasteiger partial charge in [-0.3, -0.25) is 12.2 Å². The number of hydrogen-bond acceptors (Lipinski definition) is 2. The van der Waals surface area contributed by atoms with Gasteiger partial charge >= 0.3 is 28.4 Å². The van der Waals surface area contributed by atoms with Crippen molar-refractivity contribution in [2.45, 2.75) is 12.8 Å². The van der Waals surface area contributed by atoms with Crippen molar-refractivity contribution in [2.24, 2.45) is 0 Å². The quantitative estimate of drug-likeness (QED) is 0.501. The fraction of sp³-hybridized carbons (Fsp3) is 0.0870. The molecule has 2 nitrogen and oxygen atoms in total. The van der Waals surface area contributed by atoms with E-state index in [4.69, 9.17) is 10.2 Å². The molecule has 0 bridgehead atoms. The average molecular weight is 460 g/mol. The predicted octanol–water partition coefficient (Wildman–Crippen LogP) is 5.64. The molecule has 28 heavy (non-hydrogen) atoms. The van der Waals surface area contributed by atoms with Crippen LogP contribution in [0.25, 0.3) is 0 Å². The van der Waals surface area contributed by atoms with Gasteiger partial charge in [0.1, 0.15) is 0 Å². The molecule has 0 unspecified atom stereocenters. The van der Waals surface area contributed by atoms with E-state index in [-0.39, 0.29) is 11.5 Å². The number of benzene rings is 2. The Kier molecular flexibility index (Phi) is 16.5. The first kappa shape index (κ1) is 25.6. The predicted molar refractivity (Wildman–Crippen MR) is 106 cm³/mol. The Hall–Kier alpha value is -2.39. The summed E-state index contributed by atoms with van der Waals surface area (Å²) in [6.45, 7) is 0. The van der Waals surface area contributed by atoms with Gasteiger partial charge in [0, 0.05) is 0 Å². The van der Waals surface area contributed by atoms with Gasteiger partial charge in [0.25, 0.3) is 0 Å². The van der Waals surface area contributed by atoms with E-state index in [1.54, 1.807) is 12.1 Å². The van der Waals surface area contributed by atoms with Gasteiger partial charge in [-0.1, -0.05) is 24.3 Å². The molecule has 2 N–H and O–H groups in total. The molecule has 0 amide bonds. The SMILES string of the molecule is Oc1ccccc1F.Oc1ccccc1F.[C-]1=CC=CC1.[C-]1=CC=CC1.[CH2]=[Zr+2]. The molecule has 0 fully saturated rings. The number of phenolic OH excluding ortho intramolecular Hbond substituents is 2. The third kappa shape index (κ3) is 13.8.